The molecule has 1 aliphatic carbocycles. The fraction of sp³-hybridized carbons (Fsp3) is 0.750. The summed E-state index contributed by atoms with van der Waals surface area (Å²) >= 11 is 0. The Labute approximate surface area is 72.0 Å². The van der Waals surface area contributed by atoms with Crippen molar-refractivity contribution < 1.29 is 0 Å². The van der Waals surface area contributed by atoms with E-state index in [-0.39, 0.29) is 0 Å². The van der Waals surface area contributed by atoms with E-state index in [4.69, 9.17) is 0 Å². The van der Waals surface area contributed by atoms with Crippen molar-refractivity contribution in [3.63, 3.8) is 0 Å². The number of hydrogen-bond acceptors (Lipinski definition) is 3. The molecule has 0 aliphatic heterocycles. The van der Waals surface area contributed by atoms with E-state index in [2.05, 4.69) is 22.6 Å². The Kier molecular flexibility index (Phi) is 1.65. The van der Waals surface area contributed by atoms with Gasteiger partial charge in [-0.05, 0) is 19.8 Å². The molecular weight excluding hydrogens is 152 g/mol. The Balaban J connectivity index is 1.91. The summed E-state index contributed by atoms with van der Waals surface area (Å²) in [6, 6.07) is 0. The van der Waals surface area contributed by atoms with E-state index in [0.717, 1.165) is 12.2 Å². The average molecular weight is 166 g/mol. The molecule has 4 heteroatoms. The van der Waals surface area contributed by atoms with Gasteiger partial charge in [0.25, 0.3) is 0 Å². The van der Waals surface area contributed by atoms with Crippen LogP contribution in [0.25, 0.3) is 0 Å². The molecule has 0 bridgehead atoms. The van der Waals surface area contributed by atoms with Gasteiger partial charge in [0.15, 0.2) is 0 Å². The molecule has 0 spiro atoms. The van der Waals surface area contributed by atoms with E-state index in [1.807, 2.05) is 7.05 Å². The summed E-state index contributed by atoms with van der Waals surface area (Å²) in [6.07, 6.45) is 4.38. The minimum atomic E-state index is 0.393. The second-order valence-corrected chi connectivity index (χ2v) is 3.76. The third-order valence-electron chi connectivity index (χ3n) is 2.50. The standard InChI is InChI=1S/C8H14N4/c1-8(3-4-8)9-5-7-6-10-11-12(7)2/h6,9H,3-5H2,1-2H3. The fourth-order valence-corrected chi connectivity index (χ4v) is 1.14. The van der Waals surface area contributed by atoms with Gasteiger partial charge in [-0.2, -0.15) is 0 Å². The maximum absolute atomic E-state index is 3.86. The lowest BCUT2D eigenvalue weighted by atomic mass is 10.3. The van der Waals surface area contributed by atoms with Gasteiger partial charge in [-0.1, -0.05) is 5.21 Å². The molecule has 2 rings (SSSR count). The van der Waals surface area contributed by atoms with Crippen molar-refractivity contribution in [2.24, 2.45) is 7.05 Å². The smallest absolute Gasteiger partial charge is 0.0738 e. The van der Waals surface area contributed by atoms with Crippen LogP contribution < -0.4 is 5.32 Å². The van der Waals surface area contributed by atoms with Crippen molar-refractivity contribution in [1.29, 1.82) is 0 Å². The average Bonchev–Trinajstić information content (AvgIpc) is 2.61. The fourth-order valence-electron chi connectivity index (χ4n) is 1.14. The molecule has 1 heterocycles. The van der Waals surface area contributed by atoms with Crippen LogP contribution in [0.15, 0.2) is 6.20 Å². The Morgan fingerprint density at radius 3 is 2.92 bits per heavy atom. The summed E-state index contributed by atoms with van der Waals surface area (Å²) in [5, 5.41) is 11.2. The predicted molar refractivity (Wildman–Crippen MR) is 45.5 cm³/mol. The van der Waals surface area contributed by atoms with Crippen molar-refractivity contribution in [3.8, 4) is 0 Å². The molecule has 0 saturated heterocycles. The number of nitrogens with one attached hydrogen (secondary N) is 1. The maximum atomic E-state index is 3.86. The third-order valence-corrected chi connectivity index (χ3v) is 2.50. The normalized spacial score (nSPS) is 19.5. The molecule has 0 radical (unpaired) electrons. The van der Waals surface area contributed by atoms with Crippen molar-refractivity contribution in [2.45, 2.75) is 31.8 Å². The topological polar surface area (TPSA) is 42.7 Å². The lowest BCUT2D eigenvalue weighted by Crippen LogP contribution is -2.27. The number of hydrogen-bond donors (Lipinski definition) is 1. The third kappa shape index (κ3) is 1.48. The molecule has 1 aromatic heterocycles. The van der Waals surface area contributed by atoms with Gasteiger partial charge in [0.2, 0.25) is 0 Å². The van der Waals surface area contributed by atoms with Crippen LogP contribution in [0.1, 0.15) is 25.5 Å². The maximum Gasteiger partial charge on any atom is 0.0738 e. The minimum Gasteiger partial charge on any atom is -0.306 e. The zero-order chi connectivity index (χ0) is 8.60. The zero-order valence-electron chi connectivity index (χ0n) is 7.54. The highest BCUT2D eigenvalue weighted by molar-refractivity contribution is 5.01. The molecule has 0 atom stereocenters. The highest BCUT2D eigenvalue weighted by Gasteiger charge is 2.36. The van der Waals surface area contributed by atoms with Gasteiger partial charge in [-0.3, -0.25) is 4.68 Å². The minimum absolute atomic E-state index is 0.393. The van der Waals surface area contributed by atoms with Crippen LogP contribution in [0.5, 0.6) is 0 Å². The summed E-state index contributed by atoms with van der Waals surface area (Å²) < 4.78 is 1.80. The number of rotatable bonds is 3. The highest BCUT2D eigenvalue weighted by atomic mass is 15.4. The summed E-state index contributed by atoms with van der Waals surface area (Å²) in [6.45, 7) is 3.12. The van der Waals surface area contributed by atoms with Crippen LogP contribution in [0.4, 0.5) is 0 Å². The van der Waals surface area contributed by atoms with Crippen LogP contribution in [0.3, 0.4) is 0 Å². The Morgan fingerprint density at radius 1 is 1.67 bits per heavy atom. The molecule has 1 aromatic rings. The monoisotopic (exact) mass is 166 g/mol. The van der Waals surface area contributed by atoms with E-state index in [9.17, 15) is 0 Å². The largest absolute Gasteiger partial charge is 0.306 e. The molecule has 1 fully saturated rings. The van der Waals surface area contributed by atoms with Crippen molar-refractivity contribution in [3.05, 3.63) is 11.9 Å². The van der Waals surface area contributed by atoms with Gasteiger partial charge in [-0.15, -0.1) is 5.10 Å². The molecule has 12 heavy (non-hydrogen) atoms. The molecule has 0 aromatic carbocycles. The molecule has 66 valence electrons. The van der Waals surface area contributed by atoms with Crippen LogP contribution in [-0.4, -0.2) is 20.5 Å². The predicted octanol–water partition coefficient (Wildman–Crippen LogP) is 0.457. The van der Waals surface area contributed by atoms with Gasteiger partial charge >= 0.3 is 0 Å². The number of nitrogens with zero attached hydrogens (tertiary/aromatic N) is 3. The van der Waals surface area contributed by atoms with Crippen LogP contribution in [0, 0.1) is 0 Å². The van der Waals surface area contributed by atoms with E-state index in [1.165, 1.54) is 12.8 Å². The Bertz CT molecular complexity index is 274. The summed E-state index contributed by atoms with van der Waals surface area (Å²) in [4.78, 5) is 0. The van der Waals surface area contributed by atoms with Crippen LogP contribution in [-0.2, 0) is 13.6 Å². The lowest BCUT2D eigenvalue weighted by molar-refractivity contribution is 0.517. The number of aryl methyl sites for hydroxylation is 1. The highest BCUT2D eigenvalue weighted by Crippen LogP contribution is 2.34. The quantitative estimate of drug-likeness (QED) is 0.709. The second-order valence-electron chi connectivity index (χ2n) is 3.76. The molecular formula is C8H14N4. The number of aromatic nitrogens is 3. The molecule has 1 saturated carbocycles. The summed E-state index contributed by atoms with van der Waals surface area (Å²) in [5.74, 6) is 0. The van der Waals surface area contributed by atoms with Crippen molar-refractivity contribution in [2.75, 3.05) is 0 Å². The van der Waals surface area contributed by atoms with Gasteiger partial charge < -0.3 is 5.32 Å². The van der Waals surface area contributed by atoms with Crippen LogP contribution >= 0.6 is 0 Å². The van der Waals surface area contributed by atoms with Crippen LogP contribution in [0.2, 0.25) is 0 Å². The summed E-state index contributed by atoms with van der Waals surface area (Å²) in [5.41, 5.74) is 1.53. The zero-order valence-corrected chi connectivity index (χ0v) is 7.54. The first-order chi connectivity index (χ1) is 5.70. The lowest BCUT2D eigenvalue weighted by Gasteiger charge is -2.09. The molecule has 0 amide bonds. The molecule has 1 N–H and O–H groups in total. The first kappa shape index (κ1) is 7.73. The van der Waals surface area contributed by atoms with E-state index >= 15 is 0 Å². The van der Waals surface area contributed by atoms with Crippen molar-refractivity contribution >= 4 is 0 Å². The Morgan fingerprint density at radius 2 is 2.42 bits per heavy atom. The molecule has 1 aliphatic rings. The summed E-state index contributed by atoms with van der Waals surface area (Å²) in [7, 11) is 1.92. The van der Waals surface area contributed by atoms with E-state index in [0.29, 0.717) is 5.54 Å². The van der Waals surface area contributed by atoms with Gasteiger partial charge in [0.1, 0.15) is 0 Å². The van der Waals surface area contributed by atoms with Gasteiger partial charge in [-0.25, -0.2) is 0 Å². The van der Waals surface area contributed by atoms with E-state index < -0.39 is 0 Å². The first-order valence-corrected chi connectivity index (χ1v) is 4.28. The Hall–Kier alpha value is -0.900. The van der Waals surface area contributed by atoms with Gasteiger partial charge in [0.05, 0.1) is 11.9 Å². The second kappa shape index (κ2) is 2.55. The SMILES string of the molecule is Cn1nncc1CNC1(C)CC1. The first-order valence-electron chi connectivity index (χ1n) is 4.28. The molecule has 0 unspecified atom stereocenters. The molecule has 4 nitrogen and oxygen atoms in total. The van der Waals surface area contributed by atoms with Crippen molar-refractivity contribution in [1.82, 2.24) is 20.3 Å². The van der Waals surface area contributed by atoms with Gasteiger partial charge in [0, 0.05) is 19.1 Å². The van der Waals surface area contributed by atoms with E-state index in [1.54, 1.807) is 10.9 Å².